The van der Waals surface area contributed by atoms with Crippen LogP contribution in [-0.2, 0) is 16.1 Å². The van der Waals surface area contributed by atoms with Crippen LogP contribution >= 0.6 is 0 Å². The highest BCUT2D eigenvalue weighted by molar-refractivity contribution is 5.94. The number of rotatable bonds is 9. The van der Waals surface area contributed by atoms with E-state index in [-0.39, 0.29) is 17.8 Å². The number of carbonyl (C=O) groups is 2. The number of nitrogens with one attached hydrogen (secondary N) is 1. The fourth-order valence-electron chi connectivity index (χ4n) is 4.01. The molecule has 1 aromatic heterocycles. The number of carbonyl (C=O) groups excluding carboxylic acids is 2. The van der Waals surface area contributed by atoms with Gasteiger partial charge in [-0.2, -0.15) is 4.98 Å². The van der Waals surface area contributed by atoms with E-state index in [0.29, 0.717) is 36.1 Å². The van der Waals surface area contributed by atoms with Gasteiger partial charge in [-0.3, -0.25) is 9.69 Å². The Balaban J connectivity index is 1.22. The molecule has 0 saturated carbocycles. The maximum atomic E-state index is 12.7. The Hall–Kier alpha value is -3.52. The van der Waals surface area contributed by atoms with Gasteiger partial charge in [0.2, 0.25) is 17.6 Å². The molecule has 1 fully saturated rings. The SMILES string of the molecule is CCCCOC(=O)c1ccc(NC(=O)C2CCN(Cc3nc(-c4ccc(C)cc4)no3)CC2)cc1. The van der Waals surface area contributed by atoms with Crippen molar-refractivity contribution in [1.82, 2.24) is 15.0 Å². The quantitative estimate of drug-likeness (QED) is 0.348. The number of aromatic nitrogens is 2. The molecular formula is C27H32N4O4. The molecule has 0 radical (unpaired) electrons. The van der Waals surface area contributed by atoms with E-state index in [9.17, 15) is 9.59 Å². The number of ether oxygens (including phenoxy) is 1. The topological polar surface area (TPSA) is 97.6 Å². The van der Waals surface area contributed by atoms with E-state index in [1.165, 1.54) is 5.56 Å². The third kappa shape index (κ3) is 6.76. The lowest BCUT2D eigenvalue weighted by Gasteiger charge is -2.30. The number of esters is 1. The number of hydrogen-bond donors (Lipinski definition) is 1. The summed E-state index contributed by atoms with van der Waals surface area (Å²) in [6.07, 6.45) is 3.34. The second kappa shape index (κ2) is 11.8. The largest absolute Gasteiger partial charge is 0.462 e. The van der Waals surface area contributed by atoms with Gasteiger partial charge in [-0.1, -0.05) is 48.3 Å². The highest BCUT2D eigenvalue weighted by atomic mass is 16.5. The average molecular weight is 477 g/mol. The molecule has 3 aromatic rings. The van der Waals surface area contributed by atoms with Gasteiger partial charge in [0.1, 0.15) is 0 Å². The summed E-state index contributed by atoms with van der Waals surface area (Å²) < 4.78 is 10.7. The third-order valence-corrected chi connectivity index (χ3v) is 6.21. The van der Waals surface area contributed by atoms with Gasteiger partial charge in [0.15, 0.2) is 0 Å². The Labute approximate surface area is 205 Å². The van der Waals surface area contributed by atoms with Crippen molar-refractivity contribution in [1.29, 1.82) is 0 Å². The van der Waals surface area contributed by atoms with Crippen molar-refractivity contribution in [2.75, 3.05) is 25.0 Å². The molecule has 35 heavy (non-hydrogen) atoms. The molecular weight excluding hydrogens is 444 g/mol. The van der Waals surface area contributed by atoms with E-state index >= 15 is 0 Å². The number of nitrogens with zero attached hydrogens (tertiary/aromatic N) is 3. The molecule has 1 saturated heterocycles. The minimum Gasteiger partial charge on any atom is -0.462 e. The van der Waals surface area contributed by atoms with Gasteiger partial charge in [-0.05, 0) is 63.5 Å². The van der Waals surface area contributed by atoms with Crippen LogP contribution in [0, 0.1) is 12.8 Å². The first kappa shape index (κ1) is 24.6. The Kier molecular flexibility index (Phi) is 8.26. The molecule has 2 heterocycles. The van der Waals surface area contributed by atoms with E-state index in [2.05, 4.69) is 20.4 Å². The van der Waals surface area contributed by atoms with Crippen LogP contribution in [0.15, 0.2) is 53.1 Å². The van der Waals surface area contributed by atoms with Crippen LogP contribution in [-0.4, -0.2) is 46.6 Å². The predicted molar refractivity (Wildman–Crippen MR) is 133 cm³/mol. The fourth-order valence-corrected chi connectivity index (χ4v) is 4.01. The van der Waals surface area contributed by atoms with Crippen molar-refractivity contribution in [2.24, 2.45) is 5.92 Å². The van der Waals surface area contributed by atoms with Crippen molar-refractivity contribution in [3.63, 3.8) is 0 Å². The highest BCUT2D eigenvalue weighted by Gasteiger charge is 2.26. The maximum Gasteiger partial charge on any atom is 0.338 e. The van der Waals surface area contributed by atoms with Gasteiger partial charge in [0, 0.05) is 17.2 Å². The van der Waals surface area contributed by atoms with Gasteiger partial charge >= 0.3 is 5.97 Å². The molecule has 0 aliphatic carbocycles. The van der Waals surface area contributed by atoms with Crippen molar-refractivity contribution in [3.05, 3.63) is 65.5 Å². The zero-order chi connectivity index (χ0) is 24.6. The lowest BCUT2D eigenvalue weighted by Crippen LogP contribution is -2.37. The first-order chi connectivity index (χ1) is 17.0. The average Bonchev–Trinajstić information content (AvgIpc) is 3.34. The maximum absolute atomic E-state index is 12.7. The standard InChI is InChI=1S/C27H32N4O4/c1-3-4-17-34-27(33)22-9-11-23(12-10-22)28-26(32)21-13-15-31(16-14-21)18-24-29-25(30-35-24)20-7-5-19(2)6-8-20/h5-12,21H,3-4,13-18H2,1-2H3,(H,28,32). The van der Waals surface area contributed by atoms with E-state index in [0.717, 1.165) is 44.3 Å². The number of hydrogen-bond acceptors (Lipinski definition) is 7. The lowest BCUT2D eigenvalue weighted by molar-refractivity contribution is -0.121. The first-order valence-corrected chi connectivity index (χ1v) is 12.2. The number of piperidine rings is 1. The monoisotopic (exact) mass is 476 g/mol. The second-order valence-electron chi connectivity index (χ2n) is 8.98. The van der Waals surface area contributed by atoms with Crippen molar-refractivity contribution in [2.45, 2.75) is 46.1 Å². The molecule has 0 spiro atoms. The Bertz CT molecular complexity index is 1120. The van der Waals surface area contributed by atoms with Crippen LogP contribution in [0.3, 0.4) is 0 Å². The molecule has 8 nitrogen and oxygen atoms in total. The van der Waals surface area contributed by atoms with E-state index < -0.39 is 0 Å². The summed E-state index contributed by atoms with van der Waals surface area (Å²) in [6.45, 7) is 6.64. The van der Waals surface area contributed by atoms with Gasteiger partial charge in [0.05, 0.1) is 18.7 Å². The number of aryl methyl sites for hydroxylation is 1. The molecule has 0 atom stereocenters. The number of likely N-dealkylation sites (tertiary alicyclic amines) is 1. The lowest BCUT2D eigenvalue weighted by atomic mass is 9.96. The van der Waals surface area contributed by atoms with Crippen molar-refractivity contribution < 1.29 is 18.8 Å². The van der Waals surface area contributed by atoms with E-state index in [1.807, 2.05) is 38.1 Å². The summed E-state index contributed by atoms with van der Waals surface area (Å²) in [5, 5.41) is 7.07. The summed E-state index contributed by atoms with van der Waals surface area (Å²) in [6, 6.07) is 14.9. The third-order valence-electron chi connectivity index (χ3n) is 6.21. The molecule has 1 aliphatic rings. The van der Waals surface area contributed by atoms with Crippen LogP contribution in [0.4, 0.5) is 5.69 Å². The van der Waals surface area contributed by atoms with Gasteiger partial charge in [-0.15, -0.1) is 0 Å². The molecule has 184 valence electrons. The number of amides is 1. The molecule has 8 heteroatoms. The molecule has 0 unspecified atom stereocenters. The molecule has 1 amide bonds. The minimum absolute atomic E-state index is 0.00219. The van der Waals surface area contributed by atoms with Crippen molar-refractivity contribution >= 4 is 17.6 Å². The van der Waals surface area contributed by atoms with E-state index in [4.69, 9.17) is 9.26 Å². The first-order valence-electron chi connectivity index (χ1n) is 12.2. The van der Waals surface area contributed by atoms with Crippen LogP contribution in [0.1, 0.15) is 54.4 Å². The van der Waals surface area contributed by atoms with Crippen LogP contribution < -0.4 is 5.32 Å². The van der Waals surface area contributed by atoms with Gasteiger partial charge in [0.25, 0.3) is 0 Å². The van der Waals surface area contributed by atoms with Crippen LogP contribution in [0.2, 0.25) is 0 Å². The second-order valence-corrected chi connectivity index (χ2v) is 8.98. The van der Waals surface area contributed by atoms with E-state index in [1.54, 1.807) is 24.3 Å². The normalized spacial score (nSPS) is 14.6. The number of anilines is 1. The highest BCUT2D eigenvalue weighted by Crippen LogP contribution is 2.22. The number of unbranched alkanes of at least 4 members (excludes halogenated alkanes) is 1. The summed E-state index contributed by atoms with van der Waals surface area (Å²) in [5.74, 6) is 0.778. The molecule has 0 bridgehead atoms. The summed E-state index contributed by atoms with van der Waals surface area (Å²) in [5.41, 5.74) is 3.28. The minimum atomic E-state index is -0.337. The summed E-state index contributed by atoms with van der Waals surface area (Å²) >= 11 is 0. The predicted octanol–water partition coefficient (Wildman–Crippen LogP) is 4.85. The smallest absolute Gasteiger partial charge is 0.338 e. The molecule has 4 rings (SSSR count). The van der Waals surface area contributed by atoms with Crippen LogP contribution in [0.25, 0.3) is 11.4 Å². The molecule has 1 N–H and O–H groups in total. The van der Waals surface area contributed by atoms with Crippen LogP contribution in [0.5, 0.6) is 0 Å². The van der Waals surface area contributed by atoms with Gasteiger partial charge in [-0.25, -0.2) is 4.79 Å². The van der Waals surface area contributed by atoms with Crippen molar-refractivity contribution in [3.8, 4) is 11.4 Å². The Morgan fingerprint density at radius 3 is 2.49 bits per heavy atom. The zero-order valence-electron chi connectivity index (χ0n) is 20.3. The zero-order valence-corrected chi connectivity index (χ0v) is 20.3. The van der Waals surface area contributed by atoms with Gasteiger partial charge < -0.3 is 14.6 Å². The summed E-state index contributed by atoms with van der Waals surface area (Å²) in [7, 11) is 0. The molecule has 2 aromatic carbocycles. The number of benzene rings is 2. The Morgan fingerprint density at radius 2 is 1.80 bits per heavy atom. The fraction of sp³-hybridized carbons (Fsp3) is 0.407. The summed E-state index contributed by atoms with van der Waals surface area (Å²) in [4.78, 5) is 31.5. The Morgan fingerprint density at radius 1 is 1.09 bits per heavy atom. The molecule has 1 aliphatic heterocycles.